The lowest BCUT2D eigenvalue weighted by Gasteiger charge is -2.08. The molecule has 4 N–H and O–H groups in total. The van der Waals surface area contributed by atoms with E-state index in [-0.39, 0.29) is 12.3 Å². The maximum atomic E-state index is 11.3. The van der Waals surface area contributed by atoms with Gasteiger partial charge in [-0.2, -0.15) is 0 Å². The van der Waals surface area contributed by atoms with Crippen molar-refractivity contribution in [3.05, 3.63) is 35.3 Å². The molecule has 0 aliphatic carbocycles. The lowest BCUT2D eigenvalue weighted by atomic mass is 10.0. The molecule has 1 rings (SSSR count). The van der Waals surface area contributed by atoms with E-state index in [1.54, 1.807) is 19.4 Å². The Balaban J connectivity index is 3.14. The second-order valence-corrected chi connectivity index (χ2v) is 3.54. The number of amides is 1. The first-order valence-electron chi connectivity index (χ1n) is 5.43. The molecule has 0 unspecified atom stereocenters. The number of nitrogens with zero attached hydrogens (tertiary/aromatic N) is 1. The number of carbonyl (C=O) groups is 1. The molecule has 0 spiro atoms. The van der Waals surface area contributed by atoms with Gasteiger partial charge in [0, 0.05) is 19.9 Å². The molecule has 17 heavy (non-hydrogen) atoms. The van der Waals surface area contributed by atoms with Crippen LogP contribution in [0.5, 0.6) is 0 Å². The molecular weight excluding hydrogens is 218 g/mol. The van der Waals surface area contributed by atoms with Crippen molar-refractivity contribution in [2.24, 2.45) is 5.73 Å². The maximum Gasteiger partial charge on any atom is 0.267 e. The zero-order valence-electron chi connectivity index (χ0n) is 9.81. The number of primary amides is 1. The fourth-order valence-electron chi connectivity index (χ4n) is 1.57. The van der Waals surface area contributed by atoms with Crippen LogP contribution in [0.2, 0.25) is 0 Å². The van der Waals surface area contributed by atoms with Crippen molar-refractivity contribution < 1.29 is 9.90 Å². The summed E-state index contributed by atoms with van der Waals surface area (Å²) in [5.74, 6) is -0.544. The van der Waals surface area contributed by atoms with E-state index < -0.39 is 5.91 Å². The fourth-order valence-corrected chi connectivity index (χ4v) is 1.57. The molecular formula is C12H17N3O2. The lowest BCUT2D eigenvalue weighted by molar-refractivity contribution is 0.0994. The van der Waals surface area contributed by atoms with Gasteiger partial charge in [0.25, 0.3) is 5.91 Å². The van der Waals surface area contributed by atoms with E-state index in [4.69, 9.17) is 10.8 Å². The predicted octanol–water partition coefficient (Wildman–Crippen LogP) is 0.296. The van der Waals surface area contributed by atoms with E-state index in [2.05, 4.69) is 10.3 Å². The molecule has 1 aromatic rings. The molecule has 1 amide bonds. The lowest BCUT2D eigenvalue weighted by Crippen LogP contribution is -2.17. The van der Waals surface area contributed by atoms with Gasteiger partial charge in [-0.05, 0) is 42.3 Å². The Morgan fingerprint density at radius 2 is 2.41 bits per heavy atom. The van der Waals surface area contributed by atoms with Gasteiger partial charge in [0.1, 0.15) is 5.69 Å². The molecule has 0 atom stereocenters. The highest BCUT2D eigenvalue weighted by molar-refractivity contribution is 5.93. The van der Waals surface area contributed by atoms with Gasteiger partial charge < -0.3 is 16.2 Å². The van der Waals surface area contributed by atoms with E-state index in [1.807, 2.05) is 12.1 Å². The van der Waals surface area contributed by atoms with E-state index in [0.717, 1.165) is 11.1 Å². The number of pyridine rings is 1. The van der Waals surface area contributed by atoms with Crippen molar-refractivity contribution in [3.63, 3.8) is 0 Å². The van der Waals surface area contributed by atoms with Gasteiger partial charge in [0.2, 0.25) is 0 Å². The number of rotatable bonds is 6. The zero-order chi connectivity index (χ0) is 12.7. The van der Waals surface area contributed by atoms with Crippen LogP contribution in [-0.2, 0) is 6.42 Å². The number of hydrogen-bond acceptors (Lipinski definition) is 4. The summed E-state index contributed by atoms with van der Waals surface area (Å²) >= 11 is 0. The van der Waals surface area contributed by atoms with Crippen LogP contribution < -0.4 is 11.1 Å². The summed E-state index contributed by atoms with van der Waals surface area (Å²) in [7, 11) is 1.79. The molecule has 92 valence electrons. The third-order valence-electron chi connectivity index (χ3n) is 2.34. The van der Waals surface area contributed by atoms with Crippen molar-refractivity contribution in [1.82, 2.24) is 10.3 Å². The summed E-state index contributed by atoms with van der Waals surface area (Å²) in [6.07, 6.45) is 6.32. The van der Waals surface area contributed by atoms with Crippen LogP contribution in [0.4, 0.5) is 0 Å². The Morgan fingerprint density at radius 1 is 1.65 bits per heavy atom. The standard InChI is InChI=1S/C12H17N3O2/c1-14-6-4-9-5-7-15-11(12(13)17)10(9)3-2-8-16/h4-7,14,16H,2-3,8H2,1H3,(H2,13,17)/b6-4-. The van der Waals surface area contributed by atoms with E-state index >= 15 is 0 Å². The summed E-state index contributed by atoms with van der Waals surface area (Å²) in [6.45, 7) is 0.0717. The van der Waals surface area contributed by atoms with Gasteiger partial charge in [0.15, 0.2) is 0 Å². The summed E-state index contributed by atoms with van der Waals surface area (Å²) in [6, 6.07) is 1.81. The van der Waals surface area contributed by atoms with Gasteiger partial charge in [-0.15, -0.1) is 0 Å². The van der Waals surface area contributed by atoms with Crippen LogP contribution in [0.15, 0.2) is 18.5 Å². The van der Waals surface area contributed by atoms with Gasteiger partial charge in [-0.25, -0.2) is 0 Å². The van der Waals surface area contributed by atoms with E-state index in [1.165, 1.54) is 0 Å². The molecule has 0 saturated heterocycles. The summed E-state index contributed by atoms with van der Waals surface area (Å²) in [5.41, 5.74) is 7.22. The minimum absolute atomic E-state index is 0.0717. The highest BCUT2D eigenvalue weighted by Gasteiger charge is 2.12. The van der Waals surface area contributed by atoms with Crippen LogP contribution in [-0.4, -0.2) is 29.7 Å². The molecule has 0 bridgehead atoms. The van der Waals surface area contributed by atoms with Crippen LogP contribution in [0.1, 0.15) is 28.0 Å². The topological polar surface area (TPSA) is 88.2 Å². The predicted molar refractivity (Wildman–Crippen MR) is 66.3 cm³/mol. The minimum Gasteiger partial charge on any atom is -0.396 e. The quantitative estimate of drug-likeness (QED) is 0.661. The first-order valence-corrected chi connectivity index (χ1v) is 5.43. The summed E-state index contributed by atoms with van der Waals surface area (Å²) < 4.78 is 0. The molecule has 0 radical (unpaired) electrons. The van der Waals surface area contributed by atoms with Gasteiger partial charge >= 0.3 is 0 Å². The first-order chi connectivity index (χ1) is 8.20. The first kappa shape index (κ1) is 13.2. The van der Waals surface area contributed by atoms with E-state index in [0.29, 0.717) is 12.8 Å². The van der Waals surface area contributed by atoms with Gasteiger partial charge in [0.05, 0.1) is 0 Å². The molecule has 0 fully saturated rings. The molecule has 1 aromatic heterocycles. The SMILES string of the molecule is CN/C=C\c1ccnc(C(N)=O)c1CCCO. The van der Waals surface area contributed by atoms with Crippen LogP contribution in [0.3, 0.4) is 0 Å². The average molecular weight is 235 g/mol. The maximum absolute atomic E-state index is 11.3. The van der Waals surface area contributed by atoms with Crippen molar-refractivity contribution >= 4 is 12.0 Å². The Bertz CT molecular complexity index is 416. The normalized spacial score (nSPS) is 10.7. The van der Waals surface area contributed by atoms with Gasteiger partial charge in [-0.3, -0.25) is 9.78 Å². The van der Waals surface area contributed by atoms with Crippen molar-refractivity contribution in [2.45, 2.75) is 12.8 Å². The van der Waals surface area contributed by atoms with Crippen LogP contribution in [0, 0.1) is 0 Å². The Kier molecular flexibility index (Phi) is 5.16. The Morgan fingerprint density at radius 3 is 3.00 bits per heavy atom. The van der Waals surface area contributed by atoms with Crippen LogP contribution >= 0.6 is 0 Å². The third kappa shape index (κ3) is 3.57. The van der Waals surface area contributed by atoms with E-state index in [9.17, 15) is 4.79 Å². The highest BCUT2D eigenvalue weighted by Crippen LogP contribution is 2.16. The fraction of sp³-hybridized carbons (Fsp3) is 0.333. The van der Waals surface area contributed by atoms with Gasteiger partial charge in [-0.1, -0.05) is 0 Å². The second-order valence-electron chi connectivity index (χ2n) is 3.54. The molecule has 1 heterocycles. The Hall–Kier alpha value is -1.88. The number of aliphatic hydroxyl groups excluding tert-OH is 1. The smallest absolute Gasteiger partial charge is 0.267 e. The zero-order valence-corrected chi connectivity index (χ0v) is 9.81. The third-order valence-corrected chi connectivity index (χ3v) is 2.34. The highest BCUT2D eigenvalue weighted by atomic mass is 16.2. The van der Waals surface area contributed by atoms with Crippen molar-refractivity contribution in [2.75, 3.05) is 13.7 Å². The number of nitrogens with one attached hydrogen (secondary N) is 1. The number of hydrogen-bond donors (Lipinski definition) is 3. The monoisotopic (exact) mass is 235 g/mol. The molecule has 0 aromatic carbocycles. The molecule has 0 aliphatic heterocycles. The second kappa shape index (κ2) is 6.65. The number of aliphatic hydroxyl groups is 1. The average Bonchev–Trinajstić information content (AvgIpc) is 2.33. The largest absolute Gasteiger partial charge is 0.396 e. The molecule has 5 nitrogen and oxygen atoms in total. The number of nitrogens with two attached hydrogens (primary N) is 1. The molecule has 0 aliphatic rings. The van der Waals surface area contributed by atoms with Crippen molar-refractivity contribution in [1.29, 1.82) is 0 Å². The minimum atomic E-state index is -0.544. The van der Waals surface area contributed by atoms with Crippen LogP contribution in [0.25, 0.3) is 6.08 Å². The molecule has 0 saturated carbocycles. The summed E-state index contributed by atoms with van der Waals surface area (Å²) in [4.78, 5) is 15.3. The summed E-state index contributed by atoms with van der Waals surface area (Å²) in [5, 5.41) is 11.7. The number of carbonyl (C=O) groups excluding carboxylic acids is 1. The van der Waals surface area contributed by atoms with Crippen molar-refractivity contribution in [3.8, 4) is 0 Å². The Labute approximate surface area is 100 Å². The number of aromatic nitrogens is 1. The molecule has 5 heteroatoms.